The van der Waals surface area contributed by atoms with Crippen LogP contribution in [0.1, 0.15) is 28.4 Å². The molecular formula is C18H14N2O5. The summed E-state index contributed by atoms with van der Waals surface area (Å²) in [6, 6.07) is 13.6. The molecular weight excluding hydrogens is 324 g/mol. The number of benzene rings is 2. The fraction of sp³-hybridized carbons (Fsp3) is 0.167. The van der Waals surface area contributed by atoms with Gasteiger partial charge < -0.3 is 5.32 Å². The van der Waals surface area contributed by atoms with Gasteiger partial charge in [-0.05, 0) is 5.56 Å². The average molecular weight is 338 g/mol. The standard InChI is InChI=1S/C18H14N2O5/c21-15-10-14(11-5-2-1-3-6-11)19-18(23)16(15)17(22)12-7-4-8-13(9-12)20(24)25/h1-9,14,16H,10H2,(H,19,23). The van der Waals surface area contributed by atoms with Gasteiger partial charge in [-0.1, -0.05) is 42.5 Å². The molecule has 25 heavy (non-hydrogen) atoms. The molecule has 1 aliphatic rings. The zero-order valence-electron chi connectivity index (χ0n) is 13.0. The molecule has 2 aromatic rings. The number of carbonyl (C=O) groups is 3. The Labute approximate surface area is 142 Å². The number of piperidine rings is 1. The van der Waals surface area contributed by atoms with E-state index >= 15 is 0 Å². The lowest BCUT2D eigenvalue weighted by atomic mass is 9.84. The molecule has 1 fully saturated rings. The summed E-state index contributed by atoms with van der Waals surface area (Å²) in [6.45, 7) is 0. The quantitative estimate of drug-likeness (QED) is 0.398. The minimum absolute atomic E-state index is 0.00108. The molecule has 0 saturated carbocycles. The van der Waals surface area contributed by atoms with Crippen molar-refractivity contribution in [3.63, 3.8) is 0 Å². The lowest BCUT2D eigenvalue weighted by Crippen LogP contribution is -2.47. The fourth-order valence-corrected chi connectivity index (χ4v) is 2.86. The second-order valence-corrected chi connectivity index (χ2v) is 5.75. The fourth-order valence-electron chi connectivity index (χ4n) is 2.86. The number of nitro groups is 1. The number of ketones is 2. The van der Waals surface area contributed by atoms with Gasteiger partial charge in [0.15, 0.2) is 17.5 Å². The number of nitro benzene ring substituents is 1. The third-order valence-electron chi connectivity index (χ3n) is 4.11. The summed E-state index contributed by atoms with van der Waals surface area (Å²) in [7, 11) is 0. The Hall–Kier alpha value is -3.35. The highest BCUT2D eigenvalue weighted by atomic mass is 16.6. The molecule has 126 valence electrons. The molecule has 0 bridgehead atoms. The normalized spacial score (nSPS) is 20.0. The number of carbonyl (C=O) groups excluding carboxylic acids is 3. The number of amides is 1. The van der Waals surface area contributed by atoms with Crippen molar-refractivity contribution < 1.29 is 19.3 Å². The van der Waals surface area contributed by atoms with Crippen molar-refractivity contribution in [2.45, 2.75) is 12.5 Å². The summed E-state index contributed by atoms with van der Waals surface area (Å²) >= 11 is 0. The van der Waals surface area contributed by atoms with E-state index in [1.807, 2.05) is 6.07 Å². The molecule has 1 heterocycles. The van der Waals surface area contributed by atoms with Crippen LogP contribution in [-0.4, -0.2) is 22.4 Å². The summed E-state index contributed by atoms with van der Waals surface area (Å²) in [5.41, 5.74) is 0.489. The van der Waals surface area contributed by atoms with Crippen LogP contribution in [0.2, 0.25) is 0 Å². The molecule has 0 aromatic heterocycles. The zero-order valence-corrected chi connectivity index (χ0v) is 13.0. The van der Waals surface area contributed by atoms with Crippen LogP contribution < -0.4 is 5.32 Å². The first kappa shape index (κ1) is 16.5. The number of nitrogens with one attached hydrogen (secondary N) is 1. The van der Waals surface area contributed by atoms with E-state index in [1.54, 1.807) is 24.3 Å². The van der Waals surface area contributed by atoms with Gasteiger partial charge in [-0.15, -0.1) is 0 Å². The predicted molar refractivity (Wildman–Crippen MR) is 87.9 cm³/mol. The number of nitrogens with zero attached hydrogens (tertiary/aromatic N) is 1. The summed E-state index contributed by atoms with van der Waals surface area (Å²) < 4.78 is 0. The van der Waals surface area contributed by atoms with Crippen LogP contribution in [0.3, 0.4) is 0 Å². The van der Waals surface area contributed by atoms with Crippen molar-refractivity contribution in [2.75, 3.05) is 0 Å². The van der Waals surface area contributed by atoms with Crippen molar-refractivity contribution in [1.29, 1.82) is 0 Å². The first-order valence-electron chi connectivity index (χ1n) is 7.64. The first-order chi connectivity index (χ1) is 12.0. The van der Waals surface area contributed by atoms with Crippen molar-refractivity contribution in [2.24, 2.45) is 5.92 Å². The molecule has 2 unspecified atom stereocenters. The van der Waals surface area contributed by atoms with Crippen LogP contribution in [-0.2, 0) is 9.59 Å². The Morgan fingerprint density at radius 2 is 1.80 bits per heavy atom. The van der Waals surface area contributed by atoms with Gasteiger partial charge in [0.1, 0.15) is 0 Å². The number of Topliss-reactive ketones (excluding diaryl/α,β-unsaturated/α-hetero) is 2. The Balaban J connectivity index is 1.83. The number of rotatable bonds is 4. The molecule has 0 spiro atoms. The third-order valence-corrected chi connectivity index (χ3v) is 4.11. The molecule has 2 atom stereocenters. The Morgan fingerprint density at radius 1 is 1.08 bits per heavy atom. The van der Waals surface area contributed by atoms with Crippen molar-refractivity contribution in [3.8, 4) is 0 Å². The number of hydrogen-bond acceptors (Lipinski definition) is 5. The predicted octanol–water partition coefficient (Wildman–Crippen LogP) is 2.22. The van der Waals surface area contributed by atoms with Gasteiger partial charge in [0, 0.05) is 24.1 Å². The van der Waals surface area contributed by atoms with E-state index in [2.05, 4.69) is 5.32 Å². The highest BCUT2D eigenvalue weighted by molar-refractivity contribution is 6.24. The largest absolute Gasteiger partial charge is 0.348 e. The molecule has 7 heteroatoms. The summed E-state index contributed by atoms with van der Waals surface area (Å²) in [4.78, 5) is 47.5. The number of non-ortho nitro benzene ring substituents is 1. The van der Waals surface area contributed by atoms with Gasteiger partial charge in [0.25, 0.3) is 5.69 Å². The van der Waals surface area contributed by atoms with Crippen LogP contribution in [0.4, 0.5) is 5.69 Å². The summed E-state index contributed by atoms with van der Waals surface area (Å²) in [5, 5.41) is 13.5. The highest BCUT2D eigenvalue weighted by Gasteiger charge is 2.41. The maximum absolute atomic E-state index is 12.5. The topological polar surface area (TPSA) is 106 Å². The van der Waals surface area contributed by atoms with Gasteiger partial charge in [-0.2, -0.15) is 0 Å². The summed E-state index contributed by atoms with van der Waals surface area (Å²) in [6.07, 6.45) is 0.00108. The molecule has 0 aliphatic carbocycles. The second-order valence-electron chi connectivity index (χ2n) is 5.75. The lowest BCUT2D eigenvalue weighted by molar-refractivity contribution is -0.384. The number of hydrogen-bond donors (Lipinski definition) is 1. The van der Waals surface area contributed by atoms with E-state index in [-0.39, 0.29) is 17.7 Å². The maximum atomic E-state index is 12.5. The zero-order chi connectivity index (χ0) is 18.0. The van der Waals surface area contributed by atoms with Gasteiger partial charge in [0.2, 0.25) is 5.91 Å². The van der Waals surface area contributed by atoms with Crippen LogP contribution in [0.5, 0.6) is 0 Å². The van der Waals surface area contributed by atoms with Gasteiger partial charge >= 0.3 is 0 Å². The van der Waals surface area contributed by atoms with Gasteiger partial charge in [0.05, 0.1) is 11.0 Å². The first-order valence-corrected chi connectivity index (χ1v) is 7.64. The average Bonchev–Trinajstić information content (AvgIpc) is 2.61. The highest BCUT2D eigenvalue weighted by Crippen LogP contribution is 2.26. The molecule has 3 rings (SSSR count). The summed E-state index contributed by atoms with van der Waals surface area (Å²) in [5.74, 6) is -3.37. The minimum Gasteiger partial charge on any atom is -0.348 e. The van der Waals surface area contributed by atoms with E-state index in [0.717, 1.165) is 11.6 Å². The monoisotopic (exact) mass is 338 g/mol. The van der Waals surface area contributed by atoms with E-state index in [4.69, 9.17) is 0 Å². The Morgan fingerprint density at radius 3 is 2.44 bits per heavy atom. The Kier molecular flexibility index (Phi) is 4.38. The second kappa shape index (κ2) is 6.64. The molecule has 1 saturated heterocycles. The molecule has 1 aliphatic heterocycles. The van der Waals surface area contributed by atoms with Crippen LogP contribution in [0.15, 0.2) is 54.6 Å². The molecule has 1 N–H and O–H groups in total. The van der Waals surface area contributed by atoms with E-state index in [0.29, 0.717) is 0 Å². The molecule has 7 nitrogen and oxygen atoms in total. The van der Waals surface area contributed by atoms with E-state index in [1.165, 1.54) is 18.2 Å². The molecule has 1 amide bonds. The van der Waals surface area contributed by atoms with Gasteiger partial charge in [-0.25, -0.2) is 0 Å². The van der Waals surface area contributed by atoms with Crippen LogP contribution in [0.25, 0.3) is 0 Å². The maximum Gasteiger partial charge on any atom is 0.270 e. The van der Waals surface area contributed by atoms with Crippen molar-refractivity contribution >= 4 is 23.2 Å². The van der Waals surface area contributed by atoms with Crippen LogP contribution in [0, 0.1) is 16.0 Å². The lowest BCUT2D eigenvalue weighted by Gasteiger charge is -2.27. The van der Waals surface area contributed by atoms with Crippen molar-refractivity contribution in [1.82, 2.24) is 5.32 Å². The van der Waals surface area contributed by atoms with Gasteiger partial charge in [-0.3, -0.25) is 24.5 Å². The SMILES string of the molecule is O=C1CC(c2ccccc2)NC(=O)C1C(=O)c1cccc([N+](=O)[O-])c1. The third kappa shape index (κ3) is 3.30. The molecule has 0 radical (unpaired) electrons. The van der Waals surface area contributed by atoms with Crippen molar-refractivity contribution in [3.05, 3.63) is 75.8 Å². The van der Waals surface area contributed by atoms with E-state index in [9.17, 15) is 24.5 Å². The smallest absolute Gasteiger partial charge is 0.270 e. The molecule has 2 aromatic carbocycles. The van der Waals surface area contributed by atoms with E-state index < -0.39 is 34.4 Å². The van der Waals surface area contributed by atoms with Crippen LogP contribution >= 0.6 is 0 Å². The minimum atomic E-state index is -1.47. The Bertz CT molecular complexity index is 845.